The summed E-state index contributed by atoms with van der Waals surface area (Å²) in [6, 6.07) is 8.02. The highest BCUT2D eigenvalue weighted by atomic mass is 32.1. The van der Waals surface area contributed by atoms with Crippen LogP contribution in [0.1, 0.15) is 27.3 Å². The summed E-state index contributed by atoms with van der Waals surface area (Å²) < 4.78 is 5.15. The molecule has 0 saturated carbocycles. The number of aromatic nitrogens is 2. The number of H-pyrrole nitrogens is 2. The van der Waals surface area contributed by atoms with Gasteiger partial charge in [0.1, 0.15) is 5.69 Å². The van der Waals surface area contributed by atoms with Crippen molar-refractivity contribution in [1.29, 1.82) is 0 Å². The fraction of sp³-hybridized carbons (Fsp3) is 0.231. The highest BCUT2D eigenvalue weighted by Gasteiger charge is 2.15. The average Bonchev–Trinajstić information content (AvgIpc) is 2.72. The molecule has 2 rings (SSSR count). The summed E-state index contributed by atoms with van der Waals surface area (Å²) in [6.07, 6.45) is 0.615. The van der Waals surface area contributed by atoms with E-state index in [1.807, 2.05) is 31.2 Å². The maximum absolute atomic E-state index is 11.6. The predicted octanol–water partition coefficient (Wildman–Crippen LogP) is 2.76. The minimum Gasteiger partial charge on any atom is -0.464 e. The quantitative estimate of drug-likeness (QED) is 0.660. The molecular formula is C13H14N2O2S. The first kappa shape index (κ1) is 12.6. The van der Waals surface area contributed by atoms with Crippen molar-refractivity contribution in [3.05, 3.63) is 51.6 Å². The van der Waals surface area contributed by atoms with Crippen LogP contribution in [-0.4, -0.2) is 23.0 Å². The summed E-state index contributed by atoms with van der Waals surface area (Å²) in [5.41, 5.74) is 3.47. The number of carbonyl (C=O) groups is 1. The van der Waals surface area contributed by atoms with Crippen molar-refractivity contribution >= 4 is 18.2 Å². The fourth-order valence-electron chi connectivity index (χ4n) is 1.83. The van der Waals surface area contributed by atoms with E-state index >= 15 is 0 Å². The molecule has 0 aliphatic carbocycles. The van der Waals surface area contributed by atoms with Gasteiger partial charge in [-0.2, -0.15) is 0 Å². The number of aryl methyl sites for hydroxylation is 1. The number of esters is 1. The third kappa shape index (κ3) is 2.51. The van der Waals surface area contributed by atoms with Crippen molar-refractivity contribution in [3.63, 3.8) is 0 Å². The van der Waals surface area contributed by atoms with E-state index in [9.17, 15) is 4.79 Å². The monoisotopic (exact) mass is 262 g/mol. The molecule has 1 heterocycles. The molecule has 0 amide bonds. The van der Waals surface area contributed by atoms with Gasteiger partial charge < -0.3 is 14.7 Å². The van der Waals surface area contributed by atoms with Crippen LogP contribution in [0, 0.1) is 11.7 Å². The van der Waals surface area contributed by atoms with E-state index in [1.54, 1.807) is 0 Å². The zero-order valence-electron chi connectivity index (χ0n) is 10.2. The largest absolute Gasteiger partial charge is 0.464 e. The first-order chi connectivity index (χ1) is 8.61. The molecule has 0 bridgehead atoms. The van der Waals surface area contributed by atoms with Gasteiger partial charge in [0.15, 0.2) is 4.77 Å². The third-order valence-electron chi connectivity index (χ3n) is 2.82. The molecule has 0 fully saturated rings. The summed E-state index contributed by atoms with van der Waals surface area (Å²) in [4.78, 5) is 17.4. The number of ether oxygens (including phenoxy) is 1. The van der Waals surface area contributed by atoms with E-state index in [1.165, 1.54) is 12.7 Å². The lowest BCUT2D eigenvalue weighted by Gasteiger charge is -2.05. The van der Waals surface area contributed by atoms with Gasteiger partial charge in [0, 0.05) is 6.42 Å². The number of methoxy groups -OCH3 is 1. The van der Waals surface area contributed by atoms with E-state index < -0.39 is 5.97 Å². The van der Waals surface area contributed by atoms with Crippen LogP contribution in [0.3, 0.4) is 0 Å². The second-order valence-electron chi connectivity index (χ2n) is 4.03. The maximum Gasteiger partial charge on any atom is 0.356 e. The number of hydrogen-bond donors (Lipinski definition) is 2. The molecule has 2 N–H and O–H groups in total. The third-order valence-corrected chi connectivity index (χ3v) is 3.03. The molecule has 2 aromatic rings. The Bertz CT molecular complexity index is 628. The summed E-state index contributed by atoms with van der Waals surface area (Å²) in [7, 11) is 1.35. The smallest absolute Gasteiger partial charge is 0.356 e. The predicted molar refractivity (Wildman–Crippen MR) is 71.3 cm³/mol. The van der Waals surface area contributed by atoms with Crippen LogP contribution in [0.4, 0.5) is 0 Å². The Labute approximate surface area is 110 Å². The van der Waals surface area contributed by atoms with Gasteiger partial charge in [-0.05, 0) is 30.3 Å². The van der Waals surface area contributed by atoms with Crippen molar-refractivity contribution in [2.75, 3.05) is 7.11 Å². The van der Waals surface area contributed by atoms with Gasteiger partial charge in [-0.1, -0.05) is 24.3 Å². The lowest BCUT2D eigenvalue weighted by atomic mass is 10.0. The second-order valence-corrected chi connectivity index (χ2v) is 4.44. The van der Waals surface area contributed by atoms with E-state index in [0.29, 0.717) is 16.9 Å². The molecule has 18 heavy (non-hydrogen) atoms. The van der Waals surface area contributed by atoms with Crippen LogP contribution in [0.15, 0.2) is 24.3 Å². The molecule has 1 aromatic carbocycles. The van der Waals surface area contributed by atoms with Crippen molar-refractivity contribution in [1.82, 2.24) is 9.97 Å². The van der Waals surface area contributed by atoms with Crippen LogP contribution in [0.25, 0.3) is 0 Å². The number of benzene rings is 1. The van der Waals surface area contributed by atoms with Gasteiger partial charge in [0.2, 0.25) is 0 Å². The number of carbonyl (C=O) groups excluding carboxylic acids is 1. The second kappa shape index (κ2) is 5.18. The van der Waals surface area contributed by atoms with E-state index in [2.05, 4.69) is 9.97 Å². The Morgan fingerprint density at radius 3 is 2.72 bits per heavy atom. The molecule has 0 unspecified atom stereocenters. The Morgan fingerprint density at radius 1 is 1.33 bits per heavy atom. The summed E-state index contributed by atoms with van der Waals surface area (Å²) in [6.45, 7) is 2.04. The van der Waals surface area contributed by atoms with Gasteiger partial charge >= 0.3 is 5.97 Å². The van der Waals surface area contributed by atoms with Crippen molar-refractivity contribution in [2.45, 2.75) is 13.3 Å². The van der Waals surface area contributed by atoms with Gasteiger partial charge in [-0.25, -0.2) is 4.79 Å². The number of hydrogen-bond acceptors (Lipinski definition) is 3. The summed E-state index contributed by atoms with van der Waals surface area (Å²) in [5.74, 6) is -0.411. The molecule has 0 atom stereocenters. The Balaban J connectivity index is 2.38. The number of nitrogens with one attached hydrogen (secondary N) is 2. The standard InChI is InChI=1S/C13H14N2O2S/c1-8-5-3-4-6-9(8)7-10-11(12(16)17-2)15-13(18)14-10/h3-6H,7H2,1-2H3,(H2,14,15,18). The molecule has 4 nitrogen and oxygen atoms in total. The molecule has 0 spiro atoms. The van der Waals surface area contributed by atoms with Gasteiger partial charge in [0.05, 0.1) is 12.8 Å². The maximum atomic E-state index is 11.6. The first-order valence-corrected chi connectivity index (χ1v) is 5.96. The van der Waals surface area contributed by atoms with E-state index in [0.717, 1.165) is 11.3 Å². The molecule has 94 valence electrons. The van der Waals surface area contributed by atoms with Crippen LogP contribution in [0.5, 0.6) is 0 Å². The molecule has 0 radical (unpaired) electrons. The Morgan fingerprint density at radius 2 is 2.06 bits per heavy atom. The van der Waals surface area contributed by atoms with Gasteiger partial charge in [-0.15, -0.1) is 0 Å². The van der Waals surface area contributed by atoms with Crippen molar-refractivity contribution in [2.24, 2.45) is 0 Å². The lowest BCUT2D eigenvalue weighted by molar-refractivity contribution is 0.0593. The lowest BCUT2D eigenvalue weighted by Crippen LogP contribution is -2.06. The summed E-state index contributed by atoms with van der Waals surface area (Å²) >= 11 is 5.02. The van der Waals surface area contributed by atoms with E-state index in [-0.39, 0.29) is 0 Å². The van der Waals surface area contributed by atoms with Gasteiger partial charge in [-0.3, -0.25) is 0 Å². The SMILES string of the molecule is COC(=O)c1[nH]c(=S)[nH]c1Cc1ccccc1C. The first-order valence-electron chi connectivity index (χ1n) is 5.56. The number of rotatable bonds is 3. The Kier molecular flexibility index (Phi) is 3.62. The van der Waals surface area contributed by atoms with Crippen LogP contribution < -0.4 is 0 Å². The normalized spacial score (nSPS) is 10.3. The molecule has 1 aromatic heterocycles. The van der Waals surface area contributed by atoms with Gasteiger partial charge in [0.25, 0.3) is 0 Å². The van der Waals surface area contributed by atoms with Crippen LogP contribution >= 0.6 is 12.2 Å². The van der Waals surface area contributed by atoms with E-state index in [4.69, 9.17) is 17.0 Å². The highest BCUT2D eigenvalue weighted by molar-refractivity contribution is 7.71. The number of aromatic amines is 2. The topological polar surface area (TPSA) is 57.9 Å². The molecule has 0 saturated heterocycles. The summed E-state index contributed by atoms with van der Waals surface area (Å²) in [5, 5.41) is 0. The minimum absolute atomic E-state index is 0.394. The Hall–Kier alpha value is -1.88. The fourth-order valence-corrected chi connectivity index (χ4v) is 2.05. The minimum atomic E-state index is -0.411. The van der Waals surface area contributed by atoms with Crippen LogP contribution in [-0.2, 0) is 11.2 Å². The molecule has 0 aliphatic rings. The zero-order valence-corrected chi connectivity index (χ0v) is 11.1. The van der Waals surface area contributed by atoms with Crippen molar-refractivity contribution < 1.29 is 9.53 Å². The zero-order chi connectivity index (χ0) is 13.1. The molecule has 0 aliphatic heterocycles. The van der Waals surface area contributed by atoms with Crippen molar-refractivity contribution in [3.8, 4) is 0 Å². The molecular weight excluding hydrogens is 248 g/mol. The average molecular weight is 262 g/mol. The van der Waals surface area contributed by atoms with Crippen LogP contribution in [0.2, 0.25) is 0 Å². The highest BCUT2D eigenvalue weighted by Crippen LogP contribution is 2.15. The number of imidazole rings is 1. The molecule has 5 heteroatoms.